The first-order chi connectivity index (χ1) is 9.26. The Morgan fingerprint density at radius 2 is 1.05 bits per heavy atom. The molecule has 0 saturated heterocycles. The van der Waals surface area contributed by atoms with E-state index in [1.165, 1.54) is 83.7 Å². The van der Waals surface area contributed by atoms with E-state index in [1.54, 1.807) is 0 Å². The van der Waals surface area contributed by atoms with Gasteiger partial charge in [0.25, 0.3) is 0 Å². The van der Waals surface area contributed by atoms with Crippen LogP contribution in [0, 0.1) is 0 Å². The molecule has 0 bridgehead atoms. The zero-order chi connectivity index (χ0) is 14.3. The first kappa shape index (κ1) is 19.0. The van der Waals surface area contributed by atoms with E-state index in [4.69, 9.17) is 0 Å². The fraction of sp³-hybridized carbons (Fsp3) is 1.00. The highest BCUT2D eigenvalue weighted by Crippen LogP contribution is 2.13. The minimum atomic E-state index is 0.782. The van der Waals surface area contributed by atoms with Gasteiger partial charge in [-0.1, -0.05) is 85.0 Å². The van der Waals surface area contributed by atoms with Gasteiger partial charge in [-0.25, -0.2) is 0 Å². The lowest BCUT2D eigenvalue weighted by Gasteiger charge is -2.26. The molecule has 0 aromatic heterocycles. The molecular weight excluding hydrogens is 230 g/mol. The number of hydrogen-bond donors (Lipinski definition) is 0. The van der Waals surface area contributed by atoms with Crippen LogP contribution in [0.25, 0.3) is 0 Å². The molecule has 0 N–H and O–H groups in total. The van der Waals surface area contributed by atoms with Crippen LogP contribution >= 0.6 is 0 Å². The first-order valence-electron chi connectivity index (χ1n) is 9.00. The average Bonchev–Trinajstić information content (AvgIpc) is 2.42. The first-order valence-corrected chi connectivity index (χ1v) is 9.00. The van der Waals surface area contributed by atoms with Crippen molar-refractivity contribution >= 4 is 0 Å². The quantitative estimate of drug-likeness (QED) is 0.348. The normalized spacial score (nSPS) is 13.1. The van der Waals surface area contributed by atoms with Crippen LogP contribution in [0.5, 0.6) is 0 Å². The third kappa shape index (κ3) is 11.5. The minimum absolute atomic E-state index is 0.782. The molecule has 0 aromatic rings. The molecule has 0 amide bonds. The van der Waals surface area contributed by atoms with Gasteiger partial charge >= 0.3 is 0 Å². The summed E-state index contributed by atoms with van der Waals surface area (Å²) in [7, 11) is 0. The topological polar surface area (TPSA) is 3.24 Å². The molecule has 116 valence electrons. The lowest BCUT2D eigenvalue weighted by atomic mass is 10.0. The van der Waals surface area contributed by atoms with Crippen LogP contribution in [-0.2, 0) is 0 Å². The highest BCUT2D eigenvalue weighted by atomic mass is 15.1. The van der Waals surface area contributed by atoms with Gasteiger partial charge in [0.05, 0.1) is 0 Å². The van der Waals surface area contributed by atoms with Gasteiger partial charge in [0.2, 0.25) is 0 Å². The van der Waals surface area contributed by atoms with Crippen LogP contribution in [0.3, 0.4) is 0 Å². The third-order valence-corrected chi connectivity index (χ3v) is 4.41. The molecule has 0 aliphatic rings. The molecule has 0 rings (SSSR count). The van der Waals surface area contributed by atoms with E-state index in [9.17, 15) is 0 Å². The molecule has 0 aliphatic heterocycles. The second-order valence-corrected chi connectivity index (χ2v) is 6.04. The van der Waals surface area contributed by atoms with Crippen LogP contribution in [0.15, 0.2) is 0 Å². The predicted molar refractivity (Wildman–Crippen MR) is 88.8 cm³/mol. The highest BCUT2D eigenvalue weighted by Gasteiger charge is 2.08. The predicted octanol–water partition coefficient (Wildman–Crippen LogP) is 6.03. The summed E-state index contributed by atoms with van der Waals surface area (Å²) >= 11 is 0. The van der Waals surface area contributed by atoms with Crippen molar-refractivity contribution in [1.82, 2.24) is 4.90 Å². The molecule has 1 heteroatoms. The Morgan fingerprint density at radius 1 is 0.632 bits per heavy atom. The van der Waals surface area contributed by atoms with Gasteiger partial charge in [-0.2, -0.15) is 0 Å². The number of unbranched alkanes of at least 4 members (excludes halogenated alkanes) is 9. The zero-order valence-electron chi connectivity index (χ0n) is 14.2. The summed E-state index contributed by atoms with van der Waals surface area (Å²) < 4.78 is 0. The lowest BCUT2D eigenvalue weighted by molar-refractivity contribution is 0.217. The molecule has 0 aliphatic carbocycles. The van der Waals surface area contributed by atoms with Crippen molar-refractivity contribution in [1.29, 1.82) is 0 Å². The van der Waals surface area contributed by atoms with Crippen LogP contribution in [0.4, 0.5) is 0 Å². The standard InChI is InChI=1S/C18H39N/c1-5-8-9-10-11-12-13-14-15-16-17-18(4)19(6-2)7-3/h18H,5-17H2,1-4H3. The molecule has 0 radical (unpaired) electrons. The van der Waals surface area contributed by atoms with Crippen LogP contribution in [0.1, 0.15) is 98.3 Å². The molecule has 1 nitrogen and oxygen atoms in total. The Kier molecular flexibility index (Phi) is 14.3. The Morgan fingerprint density at radius 3 is 1.47 bits per heavy atom. The van der Waals surface area contributed by atoms with Gasteiger partial charge in [0, 0.05) is 6.04 Å². The molecule has 0 spiro atoms. The monoisotopic (exact) mass is 269 g/mol. The van der Waals surface area contributed by atoms with Gasteiger partial charge in [-0.3, -0.25) is 0 Å². The van der Waals surface area contributed by atoms with Gasteiger partial charge in [-0.05, 0) is 26.4 Å². The maximum Gasteiger partial charge on any atom is 0.00666 e. The van der Waals surface area contributed by atoms with Crippen LogP contribution in [-0.4, -0.2) is 24.0 Å². The fourth-order valence-corrected chi connectivity index (χ4v) is 2.96. The minimum Gasteiger partial charge on any atom is -0.301 e. The second-order valence-electron chi connectivity index (χ2n) is 6.04. The smallest absolute Gasteiger partial charge is 0.00666 e. The Bertz CT molecular complexity index is 163. The molecule has 0 fully saturated rings. The summed E-state index contributed by atoms with van der Waals surface area (Å²) in [5.41, 5.74) is 0. The van der Waals surface area contributed by atoms with Crippen molar-refractivity contribution in [2.75, 3.05) is 13.1 Å². The summed E-state index contributed by atoms with van der Waals surface area (Å²) in [5, 5.41) is 0. The average molecular weight is 270 g/mol. The second kappa shape index (κ2) is 14.4. The van der Waals surface area contributed by atoms with E-state index >= 15 is 0 Å². The molecular formula is C18H39N. The summed E-state index contributed by atoms with van der Waals surface area (Å²) in [4.78, 5) is 2.58. The number of rotatable bonds is 14. The fourth-order valence-electron chi connectivity index (χ4n) is 2.96. The number of hydrogen-bond acceptors (Lipinski definition) is 1. The summed E-state index contributed by atoms with van der Waals surface area (Å²) in [6.45, 7) is 11.6. The molecule has 1 unspecified atom stereocenters. The Balaban J connectivity index is 3.22. The Hall–Kier alpha value is -0.0400. The van der Waals surface area contributed by atoms with Gasteiger partial charge in [0.1, 0.15) is 0 Å². The summed E-state index contributed by atoms with van der Waals surface area (Å²) in [6.07, 6.45) is 15.8. The van der Waals surface area contributed by atoms with Crippen LogP contribution < -0.4 is 0 Å². The van der Waals surface area contributed by atoms with Crippen molar-refractivity contribution in [2.24, 2.45) is 0 Å². The van der Waals surface area contributed by atoms with E-state index in [0.717, 1.165) is 6.04 Å². The van der Waals surface area contributed by atoms with E-state index in [-0.39, 0.29) is 0 Å². The lowest BCUT2D eigenvalue weighted by Crippen LogP contribution is -2.32. The highest BCUT2D eigenvalue weighted by molar-refractivity contribution is 4.64. The zero-order valence-corrected chi connectivity index (χ0v) is 14.2. The molecule has 19 heavy (non-hydrogen) atoms. The van der Waals surface area contributed by atoms with Gasteiger partial charge in [0.15, 0.2) is 0 Å². The van der Waals surface area contributed by atoms with Crippen molar-refractivity contribution in [2.45, 2.75) is 104 Å². The SMILES string of the molecule is CCCCCCCCCCCCC(C)N(CC)CC. The molecule has 0 aromatic carbocycles. The largest absolute Gasteiger partial charge is 0.301 e. The maximum absolute atomic E-state index is 2.58. The van der Waals surface area contributed by atoms with Crippen LogP contribution in [0.2, 0.25) is 0 Å². The summed E-state index contributed by atoms with van der Waals surface area (Å²) in [6, 6.07) is 0.782. The van der Waals surface area contributed by atoms with Crippen molar-refractivity contribution in [3.05, 3.63) is 0 Å². The van der Waals surface area contributed by atoms with E-state index in [0.29, 0.717) is 0 Å². The number of nitrogens with zero attached hydrogens (tertiary/aromatic N) is 1. The third-order valence-electron chi connectivity index (χ3n) is 4.41. The summed E-state index contributed by atoms with van der Waals surface area (Å²) in [5.74, 6) is 0. The van der Waals surface area contributed by atoms with E-state index < -0.39 is 0 Å². The Labute approximate surface area is 123 Å². The molecule has 0 saturated carbocycles. The van der Waals surface area contributed by atoms with Gasteiger partial charge < -0.3 is 4.90 Å². The van der Waals surface area contributed by atoms with E-state index in [1.807, 2.05) is 0 Å². The van der Waals surface area contributed by atoms with Crippen molar-refractivity contribution in [3.8, 4) is 0 Å². The molecule has 1 atom stereocenters. The van der Waals surface area contributed by atoms with Crippen molar-refractivity contribution < 1.29 is 0 Å². The maximum atomic E-state index is 2.58. The van der Waals surface area contributed by atoms with E-state index in [2.05, 4.69) is 32.6 Å². The molecule has 0 heterocycles. The van der Waals surface area contributed by atoms with Crippen molar-refractivity contribution in [3.63, 3.8) is 0 Å². The van der Waals surface area contributed by atoms with Gasteiger partial charge in [-0.15, -0.1) is 0 Å².